The number of benzene rings is 1. The third-order valence-corrected chi connectivity index (χ3v) is 4.78. The van der Waals surface area contributed by atoms with Crippen molar-refractivity contribution in [2.24, 2.45) is 11.8 Å². The van der Waals surface area contributed by atoms with Crippen LogP contribution in [0.2, 0.25) is 0 Å². The molecule has 0 spiro atoms. The van der Waals surface area contributed by atoms with E-state index in [1.807, 2.05) is 0 Å². The van der Waals surface area contributed by atoms with E-state index in [9.17, 15) is 8.78 Å². The van der Waals surface area contributed by atoms with Crippen LogP contribution in [0.1, 0.15) is 49.7 Å². The molecule has 1 aliphatic rings. The Balaban J connectivity index is 1.77. The van der Waals surface area contributed by atoms with E-state index in [0.29, 0.717) is 17.9 Å². The zero-order valence-corrected chi connectivity index (χ0v) is 13.4. The van der Waals surface area contributed by atoms with Crippen molar-refractivity contribution in [2.45, 2.75) is 44.9 Å². The summed E-state index contributed by atoms with van der Waals surface area (Å²) in [5, 5.41) is 8.68. The Morgan fingerprint density at radius 1 is 1.13 bits per heavy atom. The van der Waals surface area contributed by atoms with Crippen molar-refractivity contribution in [1.82, 2.24) is 0 Å². The van der Waals surface area contributed by atoms with Gasteiger partial charge in [-0.15, -0.1) is 0 Å². The number of rotatable bonds is 7. The van der Waals surface area contributed by atoms with Gasteiger partial charge in [0.25, 0.3) is 0 Å². The molecule has 23 heavy (non-hydrogen) atoms. The minimum absolute atomic E-state index is 0.490. The van der Waals surface area contributed by atoms with E-state index >= 15 is 0 Å². The summed E-state index contributed by atoms with van der Waals surface area (Å²) in [4.78, 5) is 0. The topological polar surface area (TPSA) is 33.0 Å². The highest BCUT2D eigenvalue weighted by atomic mass is 19.1. The number of aryl methyl sites for hydroxylation is 1. The Kier molecular flexibility index (Phi) is 6.58. The molecule has 0 bridgehead atoms. The molecule has 0 amide bonds. The molecule has 1 aromatic rings. The van der Waals surface area contributed by atoms with Crippen LogP contribution in [0.3, 0.4) is 0 Å². The van der Waals surface area contributed by atoms with Crippen LogP contribution < -0.4 is 0 Å². The molecule has 124 valence electrons. The molecule has 1 saturated carbocycles. The largest absolute Gasteiger partial charge is 0.502 e. The van der Waals surface area contributed by atoms with E-state index in [-0.39, 0.29) is 0 Å². The van der Waals surface area contributed by atoms with E-state index in [2.05, 4.69) is 6.58 Å². The minimum atomic E-state index is -0.756. The average Bonchev–Trinajstić information content (AvgIpc) is 2.54. The van der Waals surface area contributed by atoms with Gasteiger partial charge in [0.05, 0.1) is 12.9 Å². The molecule has 0 aromatic heterocycles. The van der Waals surface area contributed by atoms with Gasteiger partial charge in [-0.25, -0.2) is 8.78 Å². The van der Waals surface area contributed by atoms with Crippen molar-refractivity contribution in [1.29, 1.82) is 5.26 Å². The lowest BCUT2D eigenvalue weighted by Gasteiger charge is -2.28. The molecule has 0 N–H and O–H groups in total. The second kappa shape index (κ2) is 8.67. The molecule has 4 heteroatoms. The van der Waals surface area contributed by atoms with Gasteiger partial charge >= 0.3 is 0 Å². The highest BCUT2D eigenvalue weighted by molar-refractivity contribution is 5.35. The van der Waals surface area contributed by atoms with Gasteiger partial charge in [0.1, 0.15) is 23.3 Å². The van der Waals surface area contributed by atoms with E-state index in [1.165, 1.54) is 44.1 Å². The normalized spacial score (nSPS) is 20.7. The Bertz CT molecular complexity index is 548. The average molecular weight is 319 g/mol. The Hall–Kier alpha value is -1.89. The van der Waals surface area contributed by atoms with Crippen LogP contribution in [0.15, 0.2) is 25.0 Å². The van der Waals surface area contributed by atoms with Gasteiger partial charge in [-0.05, 0) is 48.8 Å². The molecule has 1 fully saturated rings. The second-order valence-electron chi connectivity index (χ2n) is 6.30. The summed E-state index contributed by atoms with van der Waals surface area (Å²) in [6, 6.07) is 4.14. The summed E-state index contributed by atoms with van der Waals surface area (Å²) in [6.45, 7) is 4.28. The lowest BCUT2D eigenvalue weighted by atomic mass is 9.78. The van der Waals surface area contributed by atoms with Crippen LogP contribution in [-0.4, -0.2) is 6.61 Å². The predicted molar refractivity (Wildman–Crippen MR) is 85.6 cm³/mol. The maximum absolute atomic E-state index is 13.6. The van der Waals surface area contributed by atoms with Crippen molar-refractivity contribution < 1.29 is 13.5 Å². The highest BCUT2D eigenvalue weighted by Gasteiger charge is 2.21. The lowest BCUT2D eigenvalue weighted by molar-refractivity contribution is 0.185. The van der Waals surface area contributed by atoms with Gasteiger partial charge in [0.2, 0.25) is 0 Å². The zero-order valence-electron chi connectivity index (χ0n) is 13.4. The minimum Gasteiger partial charge on any atom is -0.502 e. The number of halogens is 2. The van der Waals surface area contributed by atoms with Crippen molar-refractivity contribution in [3.63, 3.8) is 0 Å². The molecule has 0 atom stereocenters. The molecule has 0 radical (unpaired) electrons. The van der Waals surface area contributed by atoms with Crippen LogP contribution >= 0.6 is 0 Å². The molecule has 0 aliphatic heterocycles. The summed E-state index contributed by atoms with van der Waals surface area (Å²) >= 11 is 0. The Morgan fingerprint density at radius 3 is 2.22 bits per heavy atom. The summed E-state index contributed by atoms with van der Waals surface area (Å²) in [6.07, 6.45) is 8.89. The van der Waals surface area contributed by atoms with E-state index in [4.69, 9.17) is 10.00 Å². The predicted octanol–water partition coefficient (Wildman–Crippen LogP) is 5.13. The van der Waals surface area contributed by atoms with E-state index in [0.717, 1.165) is 25.4 Å². The quantitative estimate of drug-likeness (QED) is 0.516. The molecular weight excluding hydrogens is 296 g/mol. The molecule has 1 aliphatic carbocycles. The third kappa shape index (κ3) is 5.06. The fourth-order valence-electron chi connectivity index (χ4n) is 3.37. The first kappa shape index (κ1) is 17.5. The van der Waals surface area contributed by atoms with Gasteiger partial charge in [-0.1, -0.05) is 32.3 Å². The number of ether oxygens (including phenoxy) is 1. The lowest BCUT2D eigenvalue weighted by Crippen LogP contribution is -2.16. The first-order valence-electron chi connectivity index (χ1n) is 8.24. The Morgan fingerprint density at radius 2 is 1.70 bits per heavy atom. The first-order chi connectivity index (χ1) is 11.1. The molecular formula is C19H23F2NO. The van der Waals surface area contributed by atoms with E-state index < -0.39 is 17.2 Å². The number of hydrogen-bond acceptors (Lipinski definition) is 2. The van der Waals surface area contributed by atoms with Gasteiger partial charge in [-0.3, -0.25) is 0 Å². The summed E-state index contributed by atoms with van der Waals surface area (Å²) in [7, 11) is 0. The van der Waals surface area contributed by atoms with Gasteiger partial charge in [0, 0.05) is 0 Å². The monoisotopic (exact) mass is 319 g/mol. The summed E-state index contributed by atoms with van der Waals surface area (Å²) in [5.74, 6) is -0.175. The maximum atomic E-state index is 13.6. The van der Waals surface area contributed by atoms with E-state index in [1.54, 1.807) is 6.07 Å². The van der Waals surface area contributed by atoms with Crippen LogP contribution in [-0.2, 0) is 11.2 Å². The van der Waals surface area contributed by atoms with Crippen LogP contribution in [0.4, 0.5) is 8.78 Å². The molecule has 0 saturated heterocycles. The number of hydrogen-bond donors (Lipinski definition) is 0. The van der Waals surface area contributed by atoms with Gasteiger partial charge in [-0.2, -0.15) is 5.26 Å². The summed E-state index contributed by atoms with van der Waals surface area (Å²) < 4.78 is 32.4. The van der Waals surface area contributed by atoms with Crippen LogP contribution in [0.5, 0.6) is 0 Å². The standard InChI is InChI=1S/C19H23F2NO/c1-2-23-10-9-15-5-3-14(4-6-15)7-8-16-11-18(20)17(13-22)19(21)12-16/h2,11-12,14-15H,1,3-10H2. The fourth-order valence-corrected chi connectivity index (χ4v) is 3.37. The molecule has 2 nitrogen and oxygen atoms in total. The van der Waals surface area contributed by atoms with Crippen molar-refractivity contribution in [3.05, 3.63) is 47.7 Å². The third-order valence-electron chi connectivity index (χ3n) is 4.78. The van der Waals surface area contributed by atoms with Crippen molar-refractivity contribution >= 4 is 0 Å². The second-order valence-corrected chi connectivity index (χ2v) is 6.30. The Labute approximate surface area is 136 Å². The maximum Gasteiger partial charge on any atom is 0.144 e. The van der Waals surface area contributed by atoms with Gasteiger partial charge < -0.3 is 4.74 Å². The smallest absolute Gasteiger partial charge is 0.144 e. The van der Waals surface area contributed by atoms with Crippen LogP contribution in [0, 0.1) is 34.8 Å². The fraction of sp³-hybridized carbons (Fsp3) is 0.526. The van der Waals surface area contributed by atoms with Gasteiger partial charge in [0.15, 0.2) is 0 Å². The zero-order chi connectivity index (χ0) is 16.7. The molecule has 2 rings (SSSR count). The number of nitriles is 1. The van der Waals surface area contributed by atoms with Crippen molar-refractivity contribution in [2.75, 3.05) is 6.61 Å². The summed E-state index contributed by atoms with van der Waals surface area (Å²) in [5.41, 5.74) is 0.150. The molecule has 0 unspecified atom stereocenters. The van der Waals surface area contributed by atoms with Crippen LogP contribution in [0.25, 0.3) is 0 Å². The molecule has 1 aromatic carbocycles. The highest BCUT2D eigenvalue weighted by Crippen LogP contribution is 2.33. The number of nitrogens with zero attached hydrogens (tertiary/aromatic N) is 1. The SMILES string of the molecule is C=COCCC1CCC(CCc2cc(F)c(C#N)c(F)c2)CC1. The molecule has 0 heterocycles. The van der Waals surface area contributed by atoms with Crippen molar-refractivity contribution in [3.8, 4) is 6.07 Å². The first-order valence-corrected chi connectivity index (χ1v) is 8.24.